The summed E-state index contributed by atoms with van der Waals surface area (Å²) in [6.45, 7) is 4.95. The van der Waals surface area contributed by atoms with Crippen LogP contribution >= 0.6 is 0 Å². The molecule has 1 aromatic carbocycles. The smallest absolute Gasteiger partial charge is 0.309 e. The lowest BCUT2D eigenvalue weighted by Crippen LogP contribution is -2.41. The predicted molar refractivity (Wildman–Crippen MR) is 71.0 cm³/mol. The Hall–Kier alpha value is -1.84. The molecule has 0 aromatic heterocycles. The number of hydrogen-bond acceptors (Lipinski definition) is 2. The topological polar surface area (TPSA) is 58.2 Å². The molecule has 0 saturated heterocycles. The molecule has 0 aliphatic rings. The van der Waals surface area contributed by atoms with E-state index in [4.69, 9.17) is 0 Å². The summed E-state index contributed by atoms with van der Waals surface area (Å²) in [5.41, 5.74) is 1.14. The van der Waals surface area contributed by atoms with Crippen LogP contribution in [0.1, 0.15) is 19.4 Å². The van der Waals surface area contributed by atoms with Crippen LogP contribution in [0.2, 0.25) is 0 Å². The van der Waals surface area contributed by atoms with E-state index < -0.39 is 11.8 Å². The van der Waals surface area contributed by atoms with Gasteiger partial charge in [0.2, 0.25) is 0 Å². The van der Waals surface area contributed by atoms with Crippen LogP contribution in [0.4, 0.5) is 0 Å². The second kappa shape index (κ2) is 7.48. The van der Waals surface area contributed by atoms with Crippen molar-refractivity contribution in [1.82, 2.24) is 10.6 Å². The van der Waals surface area contributed by atoms with Gasteiger partial charge in [-0.25, -0.2) is 0 Å². The molecule has 1 rings (SSSR count). The average molecular weight is 248 g/mol. The van der Waals surface area contributed by atoms with Crippen LogP contribution in [0.25, 0.3) is 0 Å². The van der Waals surface area contributed by atoms with Gasteiger partial charge in [-0.15, -0.1) is 0 Å². The van der Waals surface area contributed by atoms with Gasteiger partial charge < -0.3 is 10.6 Å². The lowest BCUT2D eigenvalue weighted by molar-refractivity contribution is -0.139. The number of carbonyl (C=O) groups excluding carboxylic acids is 2. The third-order valence-electron chi connectivity index (χ3n) is 2.42. The van der Waals surface area contributed by atoms with Crippen molar-refractivity contribution in [3.8, 4) is 0 Å². The van der Waals surface area contributed by atoms with Crippen molar-refractivity contribution in [3.05, 3.63) is 35.9 Å². The van der Waals surface area contributed by atoms with E-state index in [2.05, 4.69) is 10.6 Å². The molecular formula is C14H20N2O2. The molecule has 0 atom stereocenters. The molecular weight excluding hydrogens is 228 g/mol. The quantitative estimate of drug-likeness (QED) is 0.767. The lowest BCUT2D eigenvalue weighted by Gasteiger charge is -2.08. The second-order valence-electron chi connectivity index (χ2n) is 4.60. The number of rotatable bonds is 5. The molecule has 18 heavy (non-hydrogen) atoms. The van der Waals surface area contributed by atoms with Gasteiger partial charge in [-0.3, -0.25) is 9.59 Å². The van der Waals surface area contributed by atoms with Crippen molar-refractivity contribution in [3.63, 3.8) is 0 Å². The van der Waals surface area contributed by atoms with E-state index in [-0.39, 0.29) is 0 Å². The highest BCUT2D eigenvalue weighted by molar-refractivity contribution is 6.35. The van der Waals surface area contributed by atoms with E-state index in [0.29, 0.717) is 19.0 Å². The first kappa shape index (κ1) is 14.2. The highest BCUT2D eigenvalue weighted by atomic mass is 16.2. The van der Waals surface area contributed by atoms with Crippen molar-refractivity contribution in [2.24, 2.45) is 5.92 Å². The Morgan fingerprint density at radius 2 is 1.67 bits per heavy atom. The van der Waals surface area contributed by atoms with Crippen molar-refractivity contribution in [2.45, 2.75) is 20.3 Å². The van der Waals surface area contributed by atoms with Crippen LogP contribution in [0, 0.1) is 5.92 Å². The Bertz CT molecular complexity index is 388. The maximum absolute atomic E-state index is 11.4. The molecule has 4 nitrogen and oxygen atoms in total. The normalized spacial score (nSPS) is 10.2. The minimum absolute atomic E-state index is 0.339. The number of carbonyl (C=O) groups is 2. The minimum atomic E-state index is -0.563. The highest BCUT2D eigenvalue weighted by Gasteiger charge is 2.12. The first-order valence-corrected chi connectivity index (χ1v) is 6.19. The second-order valence-corrected chi connectivity index (χ2v) is 4.60. The minimum Gasteiger partial charge on any atom is -0.348 e. The summed E-state index contributed by atoms with van der Waals surface area (Å²) in [6.07, 6.45) is 0.726. The molecule has 0 saturated carbocycles. The van der Waals surface area contributed by atoms with Crippen LogP contribution in [0.15, 0.2) is 30.3 Å². The fraction of sp³-hybridized carbons (Fsp3) is 0.429. The number of benzene rings is 1. The fourth-order valence-electron chi connectivity index (χ4n) is 1.42. The van der Waals surface area contributed by atoms with E-state index in [0.717, 1.165) is 12.0 Å². The van der Waals surface area contributed by atoms with Crippen molar-refractivity contribution in [1.29, 1.82) is 0 Å². The molecule has 0 heterocycles. The lowest BCUT2D eigenvalue weighted by atomic mass is 10.1. The summed E-state index contributed by atoms with van der Waals surface area (Å²) < 4.78 is 0. The standard InChI is InChI=1S/C14H20N2O2/c1-11(2)10-16-14(18)13(17)15-9-8-12-6-4-3-5-7-12/h3-7,11H,8-10H2,1-2H3,(H,15,17)(H,16,18). The summed E-state index contributed by atoms with van der Waals surface area (Å²) in [5.74, 6) is -0.783. The van der Waals surface area contributed by atoms with E-state index in [9.17, 15) is 9.59 Å². The largest absolute Gasteiger partial charge is 0.348 e. The molecule has 0 aliphatic carbocycles. The Labute approximate surface area is 108 Å². The van der Waals surface area contributed by atoms with Gasteiger partial charge in [-0.1, -0.05) is 44.2 Å². The predicted octanol–water partition coefficient (Wildman–Crippen LogP) is 1.12. The third-order valence-corrected chi connectivity index (χ3v) is 2.42. The Kier molecular flexibility index (Phi) is 5.91. The van der Waals surface area contributed by atoms with Crippen LogP contribution < -0.4 is 10.6 Å². The summed E-state index contributed by atoms with van der Waals surface area (Å²) >= 11 is 0. The van der Waals surface area contributed by atoms with Gasteiger partial charge in [0, 0.05) is 13.1 Å². The van der Waals surface area contributed by atoms with Crippen LogP contribution in [0.3, 0.4) is 0 Å². The molecule has 0 bridgehead atoms. The van der Waals surface area contributed by atoms with Gasteiger partial charge in [0.15, 0.2) is 0 Å². The molecule has 0 unspecified atom stereocenters. The van der Waals surface area contributed by atoms with Gasteiger partial charge in [0.1, 0.15) is 0 Å². The van der Waals surface area contributed by atoms with E-state index in [1.165, 1.54) is 0 Å². The maximum atomic E-state index is 11.4. The Morgan fingerprint density at radius 3 is 2.28 bits per heavy atom. The van der Waals surface area contributed by atoms with E-state index in [1.54, 1.807) is 0 Å². The monoisotopic (exact) mass is 248 g/mol. The van der Waals surface area contributed by atoms with Gasteiger partial charge in [-0.05, 0) is 17.9 Å². The summed E-state index contributed by atoms with van der Waals surface area (Å²) in [7, 11) is 0. The molecule has 0 aliphatic heterocycles. The zero-order valence-corrected chi connectivity index (χ0v) is 10.9. The van der Waals surface area contributed by atoms with E-state index >= 15 is 0 Å². The molecule has 2 N–H and O–H groups in total. The molecule has 2 amide bonds. The van der Waals surface area contributed by atoms with Crippen LogP contribution in [-0.4, -0.2) is 24.9 Å². The SMILES string of the molecule is CC(C)CNC(=O)C(=O)NCCc1ccccc1. The average Bonchev–Trinajstić information content (AvgIpc) is 2.37. The first-order valence-electron chi connectivity index (χ1n) is 6.19. The zero-order valence-electron chi connectivity index (χ0n) is 10.9. The third kappa shape index (κ3) is 5.48. The van der Waals surface area contributed by atoms with E-state index in [1.807, 2.05) is 44.2 Å². The van der Waals surface area contributed by atoms with Crippen LogP contribution in [-0.2, 0) is 16.0 Å². The van der Waals surface area contributed by atoms with Gasteiger partial charge in [0.25, 0.3) is 0 Å². The van der Waals surface area contributed by atoms with Crippen molar-refractivity contribution < 1.29 is 9.59 Å². The number of nitrogens with one attached hydrogen (secondary N) is 2. The Balaban J connectivity index is 2.23. The maximum Gasteiger partial charge on any atom is 0.309 e. The zero-order chi connectivity index (χ0) is 13.4. The number of amides is 2. The summed E-state index contributed by atoms with van der Waals surface area (Å²) in [6, 6.07) is 9.83. The van der Waals surface area contributed by atoms with Crippen molar-refractivity contribution in [2.75, 3.05) is 13.1 Å². The van der Waals surface area contributed by atoms with Gasteiger partial charge >= 0.3 is 11.8 Å². The molecule has 0 spiro atoms. The Morgan fingerprint density at radius 1 is 1.06 bits per heavy atom. The number of hydrogen-bond donors (Lipinski definition) is 2. The first-order chi connectivity index (χ1) is 8.59. The summed E-state index contributed by atoms with van der Waals surface area (Å²) in [5, 5.41) is 5.18. The van der Waals surface area contributed by atoms with Crippen LogP contribution in [0.5, 0.6) is 0 Å². The molecule has 0 radical (unpaired) electrons. The highest BCUT2D eigenvalue weighted by Crippen LogP contribution is 1.97. The molecule has 98 valence electrons. The van der Waals surface area contributed by atoms with Crippen molar-refractivity contribution >= 4 is 11.8 Å². The fourth-order valence-corrected chi connectivity index (χ4v) is 1.42. The molecule has 4 heteroatoms. The summed E-state index contributed by atoms with van der Waals surface area (Å²) in [4.78, 5) is 22.8. The molecule has 0 fully saturated rings. The van der Waals surface area contributed by atoms with Gasteiger partial charge in [-0.2, -0.15) is 0 Å². The molecule has 1 aromatic rings. The van der Waals surface area contributed by atoms with Gasteiger partial charge in [0.05, 0.1) is 0 Å².